The highest BCUT2D eigenvalue weighted by Gasteiger charge is 2.63. The molecular weight excluding hydrogens is 1200 g/mol. The lowest BCUT2D eigenvalue weighted by atomic mass is 9.79. The molecule has 9 aliphatic rings. The standard InChI is InChI=1S/C22H25N3O7S.C17H25N3O5S.C15H24N4O6S2/c1-9-16-15(10(2)26)20(28)25(16)17(22(31)32)18(9)33-13-7-14(23-8-13)19(27)24-12-5-3-4-11(6-12)21(29)30;1-7-12-11(8(2)21)16(23)20(12)13(17(24)25)14(7)26-9-5-10(18-6-9)15(22)19(3)4;1-6-11-10(7(2)20)14(21)19(11)12(15(22)23)13(6)26-9-3-8(17-5-9)4-18-27(16,24)25/h3-6,9-10,13-16,23,26H,7-8H2,1-2H3,(H,24,27)(H,29,30)(H,31,32);7-12,18,21H,5-6H2,1-4H3,(H,24,25);6-11,17-18,20H,3-5H2,1-2H3,(H,22,23)(H2,16,24,25)/t9-,10-,13+,14+,15-,16-;7-,8-,9+,10+,11-,12-;6-,7-,8+,9+,10-,11-/m111/s1. The number of rotatable bonds is 19. The van der Waals surface area contributed by atoms with Gasteiger partial charge in [-0.2, -0.15) is 8.42 Å². The first-order chi connectivity index (χ1) is 40.2. The number of carboxylic acids is 4. The van der Waals surface area contributed by atoms with Crippen LogP contribution in [0.15, 0.2) is 56.1 Å². The van der Waals surface area contributed by atoms with Crippen molar-refractivity contribution in [2.24, 2.45) is 40.6 Å². The normalized spacial score (nSPS) is 32.6. The van der Waals surface area contributed by atoms with Gasteiger partial charge in [-0.1, -0.05) is 26.8 Å². The molecule has 1 aromatic carbocycles. The van der Waals surface area contributed by atoms with Gasteiger partial charge in [-0.15, -0.1) is 35.3 Å². The zero-order chi connectivity index (χ0) is 63.5. The van der Waals surface area contributed by atoms with Gasteiger partial charge in [0.05, 0.1) is 71.8 Å². The molecule has 10 rings (SSSR count). The number of hydrogen-bond acceptors (Lipinski definition) is 20. The van der Waals surface area contributed by atoms with Gasteiger partial charge in [0, 0.05) is 100 Å². The predicted molar refractivity (Wildman–Crippen MR) is 314 cm³/mol. The Kier molecular flexibility index (Phi) is 20.2. The van der Waals surface area contributed by atoms with Crippen LogP contribution in [0.25, 0.3) is 0 Å². The maximum atomic E-state index is 12.7. The predicted octanol–water partition coefficient (Wildman–Crippen LogP) is -0.970. The molecule has 86 heavy (non-hydrogen) atoms. The van der Waals surface area contributed by atoms with E-state index in [4.69, 9.17) is 10.2 Å². The van der Waals surface area contributed by atoms with Crippen molar-refractivity contribution in [3.05, 3.63) is 61.6 Å². The molecule has 6 saturated heterocycles. The molecular formula is C54H74N10O18S4. The number of hydrogen-bond donors (Lipinski definition) is 13. The molecule has 9 aliphatic heterocycles. The lowest BCUT2D eigenvalue weighted by molar-refractivity contribution is -0.163. The lowest BCUT2D eigenvalue weighted by Gasteiger charge is -2.46. The summed E-state index contributed by atoms with van der Waals surface area (Å²) in [5.41, 5.74) is 0.462. The van der Waals surface area contributed by atoms with Crippen LogP contribution in [0.2, 0.25) is 0 Å². The number of carbonyl (C=O) groups excluding carboxylic acids is 5. The number of anilines is 1. The fraction of sp³-hybridized carbons (Fsp3) is 0.611. The van der Waals surface area contributed by atoms with Crippen LogP contribution in [0, 0.1) is 35.5 Å². The van der Waals surface area contributed by atoms with Crippen molar-refractivity contribution >= 4 is 105 Å². The first kappa shape index (κ1) is 66.3. The maximum Gasteiger partial charge on any atom is 0.353 e. The number of thioether (sulfide) groups is 3. The lowest BCUT2D eigenvalue weighted by Crippen LogP contribution is -2.63. The number of likely N-dealkylation sites (N-methyl/N-ethyl adjacent to an activating group) is 1. The first-order valence-corrected chi connectivity index (χ1v) is 32.2. The van der Waals surface area contributed by atoms with Crippen molar-refractivity contribution in [2.45, 2.75) is 131 Å². The summed E-state index contributed by atoms with van der Waals surface area (Å²) in [6.45, 7) is 12.1. The molecule has 9 heterocycles. The number of nitrogens with two attached hydrogens (primary N) is 1. The second kappa shape index (κ2) is 26.2. The fourth-order valence-electron chi connectivity index (χ4n) is 13.1. The molecule has 5 amide bonds. The van der Waals surface area contributed by atoms with Gasteiger partial charge in [-0.05, 0) is 58.2 Å². The van der Waals surface area contributed by atoms with Gasteiger partial charge in [0.25, 0.3) is 10.2 Å². The summed E-state index contributed by atoms with van der Waals surface area (Å²) in [4.78, 5) is 116. The molecule has 14 N–H and O–H groups in total. The monoisotopic (exact) mass is 1280 g/mol. The van der Waals surface area contributed by atoms with Gasteiger partial charge in [0.2, 0.25) is 29.5 Å². The quantitative estimate of drug-likeness (QED) is 0.0741. The van der Waals surface area contributed by atoms with Crippen LogP contribution in [0.3, 0.4) is 0 Å². The van der Waals surface area contributed by atoms with Gasteiger partial charge in [0.15, 0.2) is 0 Å². The molecule has 32 heteroatoms. The number of aromatic carboxylic acids is 1. The third-order valence-corrected chi connectivity index (χ3v) is 22.2. The Balaban J connectivity index is 0.000000169. The Morgan fingerprint density at radius 1 is 0.628 bits per heavy atom. The van der Waals surface area contributed by atoms with Gasteiger partial charge in [0.1, 0.15) is 17.1 Å². The molecule has 472 valence electrons. The van der Waals surface area contributed by atoms with Gasteiger partial charge < -0.3 is 76.6 Å². The smallest absolute Gasteiger partial charge is 0.353 e. The number of fused-ring (bicyclic) bond motifs is 3. The average molecular weight is 1280 g/mol. The number of aliphatic hydroxyl groups excluding tert-OH is 3. The number of carboxylic acid groups (broad SMARTS) is 4. The van der Waals surface area contributed by atoms with Crippen LogP contribution >= 0.6 is 35.3 Å². The van der Waals surface area contributed by atoms with Crippen LogP contribution < -0.4 is 31.1 Å². The van der Waals surface area contributed by atoms with E-state index in [9.17, 15) is 82.2 Å². The van der Waals surface area contributed by atoms with Gasteiger partial charge in [-0.25, -0.2) is 29.0 Å². The van der Waals surface area contributed by atoms with Gasteiger partial charge in [-0.3, -0.25) is 24.0 Å². The third-order valence-electron chi connectivity index (χ3n) is 17.1. The molecule has 1 aromatic rings. The summed E-state index contributed by atoms with van der Waals surface area (Å²) >= 11 is 4.22. The first-order valence-electron chi connectivity index (χ1n) is 28.0. The van der Waals surface area contributed by atoms with E-state index in [0.717, 1.165) is 0 Å². The maximum absolute atomic E-state index is 12.7. The van der Waals surface area contributed by atoms with Crippen molar-refractivity contribution in [3.63, 3.8) is 0 Å². The number of amides is 5. The highest BCUT2D eigenvalue weighted by Crippen LogP contribution is 2.55. The van der Waals surface area contributed by atoms with E-state index in [0.29, 0.717) is 59.3 Å². The van der Waals surface area contributed by atoms with Crippen LogP contribution in [0.4, 0.5) is 5.69 Å². The Bertz CT molecular complexity index is 3160. The SMILES string of the molecule is C[C@@H](O)[C@H]1C(=O)N2C(C(=O)O)=C(S[C@@H]3CN[C@H](C(=O)N(C)C)C3)[C@H](C)[C@H]12.C[C@@H](O)[C@H]1C(=O)N2C(C(=O)O)=C(S[C@@H]3CN[C@H](C(=O)Nc4cccc(C(=O)O)c4)C3)[C@H](C)[C@H]12.C[C@@H](O)[C@H]1C(=O)N2C(C(=O)O)=C(S[C@@H]3CN[C@H](CNS(N)(=O)=O)C3)[C@H](C)[C@H]12. The number of β-lactam (4-membered cyclic amide) rings is 3. The van der Waals surface area contributed by atoms with E-state index in [1.165, 1.54) is 69.0 Å². The average Bonchev–Trinajstić information content (AvgIpc) is 1.69. The van der Waals surface area contributed by atoms with E-state index in [1.807, 2.05) is 20.8 Å². The summed E-state index contributed by atoms with van der Waals surface area (Å²) in [6, 6.07) is 4.07. The van der Waals surface area contributed by atoms with Crippen LogP contribution in [-0.2, 0) is 48.6 Å². The van der Waals surface area contributed by atoms with Crippen molar-refractivity contribution in [1.29, 1.82) is 0 Å². The topological polar surface area (TPSA) is 429 Å². The molecule has 6 fully saturated rings. The largest absolute Gasteiger partial charge is 0.478 e. The van der Waals surface area contributed by atoms with E-state index in [1.54, 1.807) is 45.0 Å². The zero-order valence-corrected chi connectivity index (χ0v) is 51.5. The van der Waals surface area contributed by atoms with Crippen molar-refractivity contribution < 1.29 is 87.3 Å². The Morgan fingerprint density at radius 2 is 1.01 bits per heavy atom. The second-order valence-electron chi connectivity index (χ2n) is 23.3. The minimum Gasteiger partial charge on any atom is -0.478 e. The summed E-state index contributed by atoms with van der Waals surface area (Å²) in [5, 5.41) is 85.0. The van der Waals surface area contributed by atoms with Crippen molar-refractivity contribution in [1.82, 2.24) is 40.3 Å². The Labute approximate surface area is 508 Å². The molecule has 28 nitrogen and oxygen atoms in total. The number of aliphatic hydroxyl groups is 3. The number of nitrogens with one attached hydrogen (secondary N) is 5. The van der Waals surface area contributed by atoms with Gasteiger partial charge >= 0.3 is 23.9 Å². The molecule has 0 saturated carbocycles. The molecule has 0 bridgehead atoms. The molecule has 18 atom stereocenters. The molecule has 0 radical (unpaired) electrons. The summed E-state index contributed by atoms with van der Waals surface area (Å²) in [6.07, 6.45) is -0.806. The Morgan fingerprint density at radius 3 is 1.38 bits per heavy atom. The van der Waals surface area contributed by atoms with E-state index in [2.05, 4.69) is 26.0 Å². The van der Waals surface area contributed by atoms with Crippen LogP contribution in [-0.4, -0.2) is 228 Å². The van der Waals surface area contributed by atoms with Crippen molar-refractivity contribution in [2.75, 3.05) is 45.6 Å². The molecule has 0 unspecified atom stereocenters. The highest BCUT2D eigenvalue weighted by molar-refractivity contribution is 8.04. The number of benzene rings is 1. The molecule has 0 spiro atoms. The van der Waals surface area contributed by atoms with Crippen molar-refractivity contribution in [3.8, 4) is 0 Å². The minimum atomic E-state index is -3.76. The second-order valence-corrected chi connectivity index (χ2v) is 28.7. The number of carbonyl (C=O) groups is 9. The zero-order valence-electron chi connectivity index (χ0n) is 48.3. The minimum absolute atomic E-state index is 0.00510. The van der Waals surface area contributed by atoms with E-state index in [-0.39, 0.29) is 122 Å². The Hall–Kier alpha value is -5.65. The summed E-state index contributed by atoms with van der Waals surface area (Å²) in [7, 11) is -0.339. The number of aliphatic carboxylic acids is 3. The van der Waals surface area contributed by atoms with Crippen LogP contribution in [0.1, 0.15) is 71.2 Å². The summed E-state index contributed by atoms with van der Waals surface area (Å²) < 4.78 is 24.3. The third kappa shape index (κ3) is 13.1. The highest BCUT2D eigenvalue weighted by atomic mass is 32.2. The fourth-order valence-corrected chi connectivity index (χ4v) is 18.0. The summed E-state index contributed by atoms with van der Waals surface area (Å²) in [5.74, 6) is -8.19. The van der Waals surface area contributed by atoms with E-state index >= 15 is 0 Å². The number of nitrogens with zero attached hydrogens (tertiary/aromatic N) is 4. The van der Waals surface area contributed by atoms with Crippen LogP contribution in [0.5, 0.6) is 0 Å². The van der Waals surface area contributed by atoms with E-state index < -0.39 is 76.2 Å². The molecule has 0 aliphatic carbocycles. The molecule has 0 aromatic heterocycles.